The van der Waals surface area contributed by atoms with Gasteiger partial charge in [0.2, 0.25) is 5.91 Å². The highest BCUT2D eigenvalue weighted by molar-refractivity contribution is 6.24. The number of amides is 2. The van der Waals surface area contributed by atoms with Gasteiger partial charge in [-0.05, 0) is 74.4 Å². The van der Waals surface area contributed by atoms with E-state index in [-0.39, 0.29) is 11.7 Å². The van der Waals surface area contributed by atoms with Crippen molar-refractivity contribution in [3.8, 4) is 11.5 Å². The molecule has 0 spiro atoms. The Labute approximate surface area is 221 Å². The van der Waals surface area contributed by atoms with Crippen LogP contribution in [0.25, 0.3) is 0 Å². The number of carbonyl (C=O) groups is 3. The molecule has 0 saturated carbocycles. The van der Waals surface area contributed by atoms with Gasteiger partial charge in [0.05, 0.1) is 30.6 Å². The van der Waals surface area contributed by atoms with Gasteiger partial charge in [0, 0.05) is 5.56 Å². The van der Waals surface area contributed by atoms with Crippen LogP contribution in [0, 0.1) is 5.92 Å². The Morgan fingerprint density at radius 1 is 0.868 bits per heavy atom. The Balaban J connectivity index is 1.55. The number of Topliss-reactive ketones (excluding diaryl/α,β-unsaturated/α-hetero) is 1. The van der Waals surface area contributed by atoms with Crippen LogP contribution < -0.4 is 19.4 Å². The third-order valence-corrected chi connectivity index (χ3v) is 6.73. The summed E-state index contributed by atoms with van der Waals surface area (Å²) < 4.78 is 11.8. The highest BCUT2D eigenvalue weighted by atomic mass is 16.7. The first-order valence-electron chi connectivity index (χ1n) is 12.8. The van der Waals surface area contributed by atoms with Crippen LogP contribution in [-0.2, 0) is 14.4 Å². The van der Waals surface area contributed by atoms with Crippen molar-refractivity contribution in [2.24, 2.45) is 5.92 Å². The van der Waals surface area contributed by atoms with Gasteiger partial charge in [0.15, 0.2) is 23.4 Å². The van der Waals surface area contributed by atoms with Crippen molar-refractivity contribution in [3.63, 3.8) is 0 Å². The number of ketones is 1. The molecule has 0 bridgehead atoms. The third kappa shape index (κ3) is 4.52. The zero-order valence-electron chi connectivity index (χ0n) is 21.6. The lowest BCUT2D eigenvalue weighted by Crippen LogP contribution is -2.37. The Bertz CT molecular complexity index is 1340. The van der Waals surface area contributed by atoms with Gasteiger partial charge in [-0.1, -0.05) is 31.2 Å². The molecule has 3 atom stereocenters. The van der Waals surface area contributed by atoms with Crippen LogP contribution in [0.2, 0.25) is 0 Å². The number of anilines is 2. The molecule has 8 nitrogen and oxygen atoms in total. The smallest absolute Gasteiger partial charge is 0.266 e. The SMILES string of the molecule is CCCOc1ccc(C2C3C(=O)N(c4ccc(C(C)=O)cc4)C(=O)C3ON2c2ccccc2)cc1OCC. The molecule has 2 amide bonds. The summed E-state index contributed by atoms with van der Waals surface area (Å²) in [5.74, 6) is -0.475. The third-order valence-electron chi connectivity index (χ3n) is 6.73. The van der Waals surface area contributed by atoms with Crippen molar-refractivity contribution < 1.29 is 28.7 Å². The number of carbonyl (C=O) groups excluding carboxylic acids is 3. The molecule has 0 aromatic heterocycles. The van der Waals surface area contributed by atoms with Crippen molar-refractivity contribution in [2.45, 2.75) is 39.3 Å². The maximum absolute atomic E-state index is 13.9. The molecule has 2 aliphatic rings. The van der Waals surface area contributed by atoms with E-state index in [1.165, 1.54) is 6.92 Å². The number of hydroxylamine groups is 1. The number of benzene rings is 3. The maximum Gasteiger partial charge on any atom is 0.266 e. The zero-order chi connectivity index (χ0) is 26.8. The largest absolute Gasteiger partial charge is 0.490 e. The van der Waals surface area contributed by atoms with Crippen LogP contribution in [0.1, 0.15) is 49.2 Å². The Kier molecular flexibility index (Phi) is 7.15. The molecule has 3 aromatic rings. The summed E-state index contributed by atoms with van der Waals surface area (Å²) in [5, 5.41) is 1.65. The average molecular weight is 515 g/mol. The van der Waals surface area contributed by atoms with E-state index in [4.69, 9.17) is 14.3 Å². The first-order chi connectivity index (χ1) is 18.4. The molecule has 0 aliphatic carbocycles. The van der Waals surface area contributed by atoms with E-state index in [1.807, 2.05) is 62.4 Å². The summed E-state index contributed by atoms with van der Waals surface area (Å²) in [4.78, 5) is 46.5. The predicted octanol–water partition coefficient (Wildman–Crippen LogP) is 5.13. The quantitative estimate of drug-likeness (QED) is 0.289. The second-order valence-electron chi connectivity index (χ2n) is 9.26. The molecule has 3 unspecified atom stereocenters. The number of ether oxygens (including phenoxy) is 2. The standard InChI is InChI=1S/C30H30N2O6/c1-4-17-37-24-16-13-21(18-25(24)36-5-2)27-26-28(38-32(27)23-9-7-6-8-10-23)30(35)31(29(26)34)22-14-11-20(12-15-22)19(3)33/h6-16,18,26-28H,4-5,17H2,1-3H3. The molecule has 5 rings (SSSR count). The summed E-state index contributed by atoms with van der Waals surface area (Å²) in [5.41, 5.74) is 2.41. The van der Waals surface area contributed by atoms with Crippen molar-refractivity contribution >= 4 is 29.0 Å². The predicted molar refractivity (Wildman–Crippen MR) is 142 cm³/mol. The minimum atomic E-state index is -0.994. The van der Waals surface area contributed by atoms with Crippen LogP contribution in [0.5, 0.6) is 11.5 Å². The van der Waals surface area contributed by atoms with Crippen molar-refractivity contribution in [1.29, 1.82) is 0 Å². The van der Waals surface area contributed by atoms with Gasteiger partial charge in [-0.2, -0.15) is 0 Å². The van der Waals surface area contributed by atoms with Crippen molar-refractivity contribution in [2.75, 3.05) is 23.2 Å². The van der Waals surface area contributed by atoms with Crippen LogP contribution in [-0.4, -0.2) is 36.9 Å². The fourth-order valence-electron chi connectivity index (χ4n) is 4.96. The first kappa shape index (κ1) is 25.5. The molecule has 2 aliphatic heterocycles. The van der Waals surface area contributed by atoms with Crippen LogP contribution >= 0.6 is 0 Å². The van der Waals surface area contributed by atoms with Crippen LogP contribution in [0.15, 0.2) is 72.8 Å². The lowest BCUT2D eigenvalue weighted by molar-refractivity contribution is -0.126. The van der Waals surface area contributed by atoms with Gasteiger partial charge in [0.25, 0.3) is 5.91 Å². The Morgan fingerprint density at radius 3 is 2.26 bits per heavy atom. The van der Waals surface area contributed by atoms with E-state index in [1.54, 1.807) is 29.3 Å². The van der Waals surface area contributed by atoms with E-state index in [0.717, 1.165) is 22.6 Å². The molecule has 8 heteroatoms. The van der Waals surface area contributed by atoms with E-state index in [2.05, 4.69) is 0 Å². The summed E-state index contributed by atoms with van der Waals surface area (Å²) in [7, 11) is 0. The van der Waals surface area contributed by atoms with E-state index in [0.29, 0.717) is 36.0 Å². The summed E-state index contributed by atoms with van der Waals surface area (Å²) in [6.07, 6.45) is -0.137. The Hall–Kier alpha value is -4.17. The summed E-state index contributed by atoms with van der Waals surface area (Å²) >= 11 is 0. The summed E-state index contributed by atoms with van der Waals surface area (Å²) in [6, 6.07) is 20.9. The topological polar surface area (TPSA) is 85.4 Å². The molecular weight excluding hydrogens is 484 g/mol. The lowest BCUT2D eigenvalue weighted by Gasteiger charge is -2.29. The monoisotopic (exact) mass is 514 g/mol. The van der Waals surface area contributed by atoms with E-state index < -0.39 is 24.0 Å². The molecule has 2 fully saturated rings. The van der Waals surface area contributed by atoms with E-state index >= 15 is 0 Å². The molecule has 0 N–H and O–H groups in total. The second-order valence-corrected chi connectivity index (χ2v) is 9.26. The average Bonchev–Trinajstić information content (AvgIpc) is 3.44. The van der Waals surface area contributed by atoms with Gasteiger partial charge in [-0.25, -0.2) is 9.96 Å². The lowest BCUT2D eigenvalue weighted by atomic mass is 9.90. The molecule has 2 saturated heterocycles. The van der Waals surface area contributed by atoms with Crippen molar-refractivity contribution in [3.05, 3.63) is 83.9 Å². The fourth-order valence-corrected chi connectivity index (χ4v) is 4.96. The summed E-state index contributed by atoms with van der Waals surface area (Å²) in [6.45, 7) is 6.40. The molecule has 196 valence electrons. The number of hydrogen-bond acceptors (Lipinski definition) is 7. The molecule has 3 aromatic carbocycles. The number of imide groups is 1. The van der Waals surface area contributed by atoms with Crippen LogP contribution in [0.3, 0.4) is 0 Å². The van der Waals surface area contributed by atoms with Crippen molar-refractivity contribution in [1.82, 2.24) is 0 Å². The number of para-hydroxylation sites is 1. The fraction of sp³-hybridized carbons (Fsp3) is 0.300. The number of nitrogens with zero attached hydrogens (tertiary/aromatic N) is 2. The zero-order valence-corrected chi connectivity index (χ0v) is 21.6. The van der Waals surface area contributed by atoms with Gasteiger partial charge < -0.3 is 9.47 Å². The minimum Gasteiger partial charge on any atom is -0.490 e. The number of rotatable bonds is 9. The number of hydrogen-bond donors (Lipinski definition) is 0. The maximum atomic E-state index is 13.9. The Morgan fingerprint density at radius 2 is 1.61 bits per heavy atom. The first-order valence-corrected chi connectivity index (χ1v) is 12.8. The molecule has 0 radical (unpaired) electrons. The molecular formula is C30H30N2O6. The van der Waals surface area contributed by atoms with Gasteiger partial charge in [-0.3, -0.25) is 19.2 Å². The van der Waals surface area contributed by atoms with Gasteiger partial charge in [0.1, 0.15) is 5.92 Å². The highest BCUT2D eigenvalue weighted by Gasteiger charge is 2.60. The normalized spacial score (nSPS) is 20.6. The molecule has 38 heavy (non-hydrogen) atoms. The second kappa shape index (κ2) is 10.7. The highest BCUT2D eigenvalue weighted by Crippen LogP contribution is 2.48. The van der Waals surface area contributed by atoms with Crippen LogP contribution in [0.4, 0.5) is 11.4 Å². The van der Waals surface area contributed by atoms with E-state index in [9.17, 15) is 14.4 Å². The number of fused-ring (bicyclic) bond motifs is 1. The minimum absolute atomic E-state index is 0.0918. The van der Waals surface area contributed by atoms with Gasteiger partial charge in [-0.15, -0.1) is 0 Å². The molecule has 2 heterocycles. The van der Waals surface area contributed by atoms with Gasteiger partial charge >= 0.3 is 0 Å².